The van der Waals surface area contributed by atoms with E-state index in [2.05, 4.69) is 24.9 Å². The standard InChI is InChI=1S/C14H16ClN/c1-8-6-7-9(2)13-12(8)10-4-3-5-11(15)14(10)16-13/h3-5,8-9,16H,6-7H2,1-2H3. The zero-order chi connectivity index (χ0) is 11.3. The van der Waals surface area contributed by atoms with Crippen molar-refractivity contribution in [2.45, 2.75) is 38.5 Å². The molecule has 1 aliphatic rings. The molecular formula is C14H16ClN. The van der Waals surface area contributed by atoms with E-state index < -0.39 is 0 Å². The third-order valence-corrected chi connectivity index (χ3v) is 4.19. The van der Waals surface area contributed by atoms with Gasteiger partial charge in [0.05, 0.1) is 10.5 Å². The summed E-state index contributed by atoms with van der Waals surface area (Å²) in [6.45, 7) is 4.62. The van der Waals surface area contributed by atoms with Gasteiger partial charge < -0.3 is 4.98 Å². The van der Waals surface area contributed by atoms with Crippen LogP contribution < -0.4 is 0 Å². The molecule has 0 saturated heterocycles. The van der Waals surface area contributed by atoms with Gasteiger partial charge in [0, 0.05) is 11.1 Å². The number of hydrogen-bond donors (Lipinski definition) is 1. The van der Waals surface area contributed by atoms with Gasteiger partial charge in [0.25, 0.3) is 0 Å². The summed E-state index contributed by atoms with van der Waals surface area (Å²) in [6, 6.07) is 6.19. The summed E-state index contributed by atoms with van der Waals surface area (Å²) in [7, 11) is 0. The highest BCUT2D eigenvalue weighted by atomic mass is 35.5. The first-order chi connectivity index (χ1) is 7.68. The van der Waals surface area contributed by atoms with E-state index in [0.29, 0.717) is 11.8 Å². The molecule has 84 valence electrons. The second-order valence-corrected chi connectivity index (χ2v) is 5.40. The first-order valence-corrected chi connectivity index (χ1v) is 6.36. The summed E-state index contributed by atoms with van der Waals surface area (Å²) < 4.78 is 0. The minimum atomic E-state index is 0.634. The number of H-pyrrole nitrogens is 1. The highest BCUT2D eigenvalue weighted by molar-refractivity contribution is 6.35. The van der Waals surface area contributed by atoms with E-state index in [-0.39, 0.29) is 0 Å². The van der Waals surface area contributed by atoms with E-state index in [1.165, 1.54) is 29.5 Å². The van der Waals surface area contributed by atoms with Crippen LogP contribution in [0.25, 0.3) is 10.9 Å². The highest BCUT2D eigenvalue weighted by Gasteiger charge is 2.26. The van der Waals surface area contributed by atoms with Gasteiger partial charge in [-0.1, -0.05) is 37.6 Å². The molecule has 2 unspecified atom stereocenters. The Morgan fingerprint density at radius 3 is 2.75 bits per heavy atom. The smallest absolute Gasteiger partial charge is 0.0648 e. The average molecular weight is 234 g/mol. The number of aromatic amines is 1. The number of fused-ring (bicyclic) bond motifs is 3. The number of rotatable bonds is 0. The van der Waals surface area contributed by atoms with Gasteiger partial charge in [-0.15, -0.1) is 0 Å². The monoisotopic (exact) mass is 233 g/mol. The molecule has 0 spiro atoms. The van der Waals surface area contributed by atoms with E-state index in [4.69, 9.17) is 11.6 Å². The summed E-state index contributed by atoms with van der Waals surface area (Å²) in [4.78, 5) is 3.53. The molecule has 1 aromatic heterocycles. The Labute approximate surface area is 101 Å². The van der Waals surface area contributed by atoms with Crippen LogP contribution in [0.15, 0.2) is 18.2 Å². The first-order valence-electron chi connectivity index (χ1n) is 5.98. The van der Waals surface area contributed by atoms with Crippen LogP contribution in [0.2, 0.25) is 5.02 Å². The van der Waals surface area contributed by atoms with Gasteiger partial charge in [-0.3, -0.25) is 0 Å². The highest BCUT2D eigenvalue weighted by Crippen LogP contribution is 2.43. The molecule has 2 heteroatoms. The number of hydrogen-bond acceptors (Lipinski definition) is 0. The van der Waals surface area contributed by atoms with E-state index in [0.717, 1.165) is 10.5 Å². The topological polar surface area (TPSA) is 15.8 Å². The number of para-hydroxylation sites is 1. The normalized spacial score (nSPS) is 24.7. The molecule has 0 bridgehead atoms. The number of benzene rings is 1. The van der Waals surface area contributed by atoms with Gasteiger partial charge in [0.1, 0.15) is 0 Å². The van der Waals surface area contributed by atoms with E-state index >= 15 is 0 Å². The maximum Gasteiger partial charge on any atom is 0.0648 e. The Balaban J connectivity index is 2.37. The molecular weight excluding hydrogens is 218 g/mol. The van der Waals surface area contributed by atoms with Crippen LogP contribution in [0.4, 0.5) is 0 Å². The van der Waals surface area contributed by atoms with Gasteiger partial charge in [-0.25, -0.2) is 0 Å². The maximum absolute atomic E-state index is 6.24. The lowest BCUT2D eigenvalue weighted by atomic mass is 9.81. The average Bonchev–Trinajstić information content (AvgIpc) is 2.66. The molecule has 1 aliphatic carbocycles. The molecule has 1 heterocycles. The van der Waals surface area contributed by atoms with Crippen LogP contribution in [0, 0.1) is 0 Å². The van der Waals surface area contributed by atoms with Crippen LogP contribution in [-0.2, 0) is 0 Å². The summed E-state index contributed by atoms with van der Waals surface area (Å²) in [6.07, 6.45) is 2.56. The molecule has 0 aliphatic heterocycles. The zero-order valence-electron chi connectivity index (χ0n) is 9.68. The molecule has 1 N–H and O–H groups in total. The van der Waals surface area contributed by atoms with Gasteiger partial charge in [0.2, 0.25) is 0 Å². The summed E-state index contributed by atoms with van der Waals surface area (Å²) in [5, 5.41) is 2.16. The molecule has 0 saturated carbocycles. The van der Waals surface area contributed by atoms with Crippen molar-refractivity contribution in [3.8, 4) is 0 Å². The van der Waals surface area contributed by atoms with Crippen molar-refractivity contribution in [3.63, 3.8) is 0 Å². The van der Waals surface area contributed by atoms with Gasteiger partial charge in [-0.05, 0) is 36.3 Å². The lowest BCUT2D eigenvalue weighted by Crippen LogP contribution is -2.09. The lowest BCUT2D eigenvalue weighted by Gasteiger charge is -2.24. The molecule has 0 fully saturated rings. The number of halogens is 1. The first kappa shape index (κ1) is 10.2. The number of aromatic nitrogens is 1. The Morgan fingerprint density at radius 1 is 1.19 bits per heavy atom. The minimum Gasteiger partial charge on any atom is -0.357 e. The number of nitrogens with one attached hydrogen (secondary N) is 1. The maximum atomic E-state index is 6.24. The lowest BCUT2D eigenvalue weighted by molar-refractivity contribution is 0.523. The SMILES string of the molecule is CC1CCC(C)c2c1[nH]c1c(Cl)cccc21. The van der Waals surface area contributed by atoms with Gasteiger partial charge >= 0.3 is 0 Å². The molecule has 1 aromatic carbocycles. The zero-order valence-corrected chi connectivity index (χ0v) is 10.4. The molecule has 0 radical (unpaired) electrons. The van der Waals surface area contributed by atoms with Crippen LogP contribution in [0.5, 0.6) is 0 Å². The molecule has 0 amide bonds. The van der Waals surface area contributed by atoms with Crippen LogP contribution in [0.1, 0.15) is 49.8 Å². The van der Waals surface area contributed by atoms with Crippen LogP contribution >= 0.6 is 11.6 Å². The second kappa shape index (κ2) is 3.53. The fraction of sp³-hybridized carbons (Fsp3) is 0.429. The predicted octanol–water partition coefficient (Wildman–Crippen LogP) is 4.82. The Morgan fingerprint density at radius 2 is 1.94 bits per heavy atom. The van der Waals surface area contributed by atoms with Crippen molar-refractivity contribution >= 4 is 22.5 Å². The molecule has 2 atom stereocenters. The predicted molar refractivity (Wildman–Crippen MR) is 69.4 cm³/mol. The van der Waals surface area contributed by atoms with Crippen LogP contribution in [-0.4, -0.2) is 4.98 Å². The minimum absolute atomic E-state index is 0.634. The largest absolute Gasteiger partial charge is 0.357 e. The molecule has 1 nitrogen and oxygen atoms in total. The Kier molecular flexibility index (Phi) is 2.25. The third-order valence-electron chi connectivity index (χ3n) is 3.87. The molecule has 2 aromatic rings. The Bertz CT molecular complexity index is 541. The van der Waals surface area contributed by atoms with Crippen molar-refractivity contribution in [2.75, 3.05) is 0 Å². The van der Waals surface area contributed by atoms with Crippen molar-refractivity contribution in [1.82, 2.24) is 4.98 Å². The van der Waals surface area contributed by atoms with Gasteiger partial charge in [0.15, 0.2) is 0 Å². The second-order valence-electron chi connectivity index (χ2n) is 4.99. The van der Waals surface area contributed by atoms with Crippen LogP contribution in [0.3, 0.4) is 0 Å². The van der Waals surface area contributed by atoms with Crippen molar-refractivity contribution < 1.29 is 0 Å². The summed E-state index contributed by atoms with van der Waals surface area (Å²) in [5.41, 5.74) is 4.02. The van der Waals surface area contributed by atoms with Gasteiger partial charge in [-0.2, -0.15) is 0 Å². The fourth-order valence-corrected chi connectivity index (χ4v) is 3.15. The van der Waals surface area contributed by atoms with Crippen molar-refractivity contribution in [1.29, 1.82) is 0 Å². The molecule has 3 rings (SSSR count). The van der Waals surface area contributed by atoms with Crippen molar-refractivity contribution in [2.24, 2.45) is 0 Å². The molecule has 16 heavy (non-hydrogen) atoms. The summed E-state index contributed by atoms with van der Waals surface area (Å²) >= 11 is 6.24. The van der Waals surface area contributed by atoms with E-state index in [1.54, 1.807) is 0 Å². The van der Waals surface area contributed by atoms with E-state index in [9.17, 15) is 0 Å². The summed E-state index contributed by atoms with van der Waals surface area (Å²) in [5.74, 6) is 1.29. The fourth-order valence-electron chi connectivity index (χ4n) is 2.93. The quantitative estimate of drug-likeness (QED) is 0.671. The third kappa shape index (κ3) is 1.31. The van der Waals surface area contributed by atoms with Crippen molar-refractivity contribution in [3.05, 3.63) is 34.5 Å². The Hall–Kier alpha value is -0.950. The van der Waals surface area contributed by atoms with E-state index in [1.807, 2.05) is 12.1 Å².